The Morgan fingerprint density at radius 1 is 1.27 bits per heavy atom. The molecule has 0 aliphatic heterocycles. The molecule has 0 saturated carbocycles. The standard InChI is InChI=1S/C4H10Cl4OSi2/c1-10(2)9-11(3,8)4(5,6)7/h10H,1-3H3. The molecule has 0 aromatic rings. The first kappa shape index (κ1) is 12.6. The van der Waals surface area contributed by atoms with Crippen molar-refractivity contribution in [2.45, 2.75) is 23.1 Å². The molecule has 1 nitrogen and oxygen atoms in total. The second-order valence-electron chi connectivity index (χ2n) is 2.58. The molecule has 0 saturated heterocycles. The lowest BCUT2D eigenvalue weighted by Crippen LogP contribution is -2.45. The maximum absolute atomic E-state index is 5.96. The van der Waals surface area contributed by atoms with Gasteiger partial charge in [-0.3, -0.25) is 0 Å². The van der Waals surface area contributed by atoms with Crippen LogP contribution in [0.5, 0.6) is 0 Å². The maximum atomic E-state index is 5.96. The van der Waals surface area contributed by atoms with Crippen molar-refractivity contribution in [3.63, 3.8) is 0 Å². The molecule has 0 N–H and O–H groups in total. The van der Waals surface area contributed by atoms with E-state index in [0.717, 1.165) is 0 Å². The molecule has 0 radical (unpaired) electrons. The molecule has 0 aromatic carbocycles. The number of hydrogen-bond donors (Lipinski definition) is 0. The Bertz CT molecular complexity index is 133. The number of halogens is 4. The van der Waals surface area contributed by atoms with Crippen LogP contribution in [0.4, 0.5) is 0 Å². The summed E-state index contributed by atoms with van der Waals surface area (Å²) < 4.78 is 4.01. The quantitative estimate of drug-likeness (QED) is 0.426. The molecule has 0 spiro atoms. The van der Waals surface area contributed by atoms with E-state index in [-0.39, 0.29) is 0 Å². The fourth-order valence-electron chi connectivity index (χ4n) is 0.509. The molecule has 7 heteroatoms. The van der Waals surface area contributed by atoms with Crippen LogP contribution in [0.25, 0.3) is 0 Å². The van der Waals surface area contributed by atoms with E-state index in [1.165, 1.54) is 0 Å². The molecule has 1 atom stereocenters. The minimum atomic E-state index is -2.64. The lowest BCUT2D eigenvalue weighted by atomic mass is 11.8. The highest BCUT2D eigenvalue weighted by atomic mass is 35.6. The first-order chi connectivity index (χ1) is 4.67. The van der Waals surface area contributed by atoms with E-state index in [2.05, 4.69) is 0 Å². The molecule has 11 heavy (non-hydrogen) atoms. The molecular formula is C4H10Cl4OSi2. The average molecular weight is 272 g/mol. The highest BCUT2D eigenvalue weighted by molar-refractivity contribution is 7.28. The zero-order valence-corrected chi connectivity index (χ0v) is 11.7. The molecule has 0 fully saturated rings. The number of rotatable bonds is 2. The van der Waals surface area contributed by atoms with Gasteiger partial charge < -0.3 is 4.12 Å². The van der Waals surface area contributed by atoms with Crippen LogP contribution < -0.4 is 0 Å². The summed E-state index contributed by atoms with van der Waals surface area (Å²) in [5.41, 5.74) is 0. The van der Waals surface area contributed by atoms with Gasteiger partial charge in [-0.25, -0.2) is 0 Å². The summed E-state index contributed by atoms with van der Waals surface area (Å²) in [7, 11) is -3.86. The van der Waals surface area contributed by atoms with E-state index in [4.69, 9.17) is 50.0 Å². The molecule has 68 valence electrons. The summed E-state index contributed by atoms with van der Waals surface area (Å²) in [6.07, 6.45) is 0. The number of hydrogen-bond acceptors (Lipinski definition) is 1. The monoisotopic (exact) mass is 270 g/mol. The molecule has 1 unspecified atom stereocenters. The van der Waals surface area contributed by atoms with Gasteiger partial charge in [0, 0.05) is 0 Å². The van der Waals surface area contributed by atoms with Crippen molar-refractivity contribution >= 4 is 62.5 Å². The third-order valence-electron chi connectivity index (χ3n) is 0.963. The van der Waals surface area contributed by atoms with Gasteiger partial charge in [-0.05, 0) is 19.6 Å². The van der Waals surface area contributed by atoms with Crippen LogP contribution >= 0.6 is 45.9 Å². The zero-order chi connectivity index (χ0) is 9.28. The minimum Gasteiger partial charge on any atom is -0.445 e. The predicted octanol–water partition coefficient (Wildman–Crippen LogP) is 3.21. The first-order valence-corrected chi connectivity index (χ1v) is 10.4. The van der Waals surface area contributed by atoms with Gasteiger partial charge in [-0.1, -0.05) is 34.8 Å². The fraction of sp³-hybridized carbons (Fsp3) is 1.00. The van der Waals surface area contributed by atoms with Gasteiger partial charge in [-0.2, -0.15) is 0 Å². The van der Waals surface area contributed by atoms with Crippen LogP contribution in [0.2, 0.25) is 19.6 Å². The molecule has 0 aliphatic rings. The van der Waals surface area contributed by atoms with Crippen LogP contribution in [0.1, 0.15) is 0 Å². The fourth-order valence-corrected chi connectivity index (χ4v) is 7.39. The van der Waals surface area contributed by atoms with Crippen LogP contribution in [0, 0.1) is 0 Å². The third-order valence-corrected chi connectivity index (χ3v) is 11.4. The molecule has 0 heterocycles. The smallest absolute Gasteiger partial charge is 0.329 e. The number of alkyl halides is 3. The average Bonchev–Trinajstić information content (AvgIpc) is 1.56. The van der Waals surface area contributed by atoms with Crippen LogP contribution in [-0.4, -0.2) is 20.1 Å². The topological polar surface area (TPSA) is 9.23 Å². The molecule has 0 rings (SSSR count). The van der Waals surface area contributed by atoms with Gasteiger partial charge in [0.1, 0.15) is 0 Å². The van der Waals surface area contributed by atoms with Gasteiger partial charge in [0.15, 0.2) is 9.04 Å². The van der Waals surface area contributed by atoms with Crippen molar-refractivity contribution in [2.75, 3.05) is 0 Å². The zero-order valence-electron chi connectivity index (χ0n) is 6.50. The molecule has 0 amide bonds. The summed E-state index contributed by atoms with van der Waals surface area (Å²) >= 11 is 22.8. The lowest BCUT2D eigenvalue weighted by molar-refractivity contribution is 0.590. The van der Waals surface area contributed by atoms with Gasteiger partial charge in [-0.15, -0.1) is 11.1 Å². The van der Waals surface area contributed by atoms with Crippen molar-refractivity contribution in [1.29, 1.82) is 0 Å². The van der Waals surface area contributed by atoms with Crippen molar-refractivity contribution in [1.82, 2.24) is 0 Å². The summed E-state index contributed by atoms with van der Waals surface area (Å²) in [6.45, 7) is 5.67. The van der Waals surface area contributed by atoms with E-state index in [1.807, 2.05) is 13.1 Å². The van der Waals surface area contributed by atoms with Crippen LogP contribution in [-0.2, 0) is 4.12 Å². The Hall–Kier alpha value is 1.55. The Labute approximate surface area is 89.5 Å². The van der Waals surface area contributed by atoms with Gasteiger partial charge in [0.2, 0.25) is 3.42 Å². The third kappa shape index (κ3) is 4.36. The van der Waals surface area contributed by atoms with Crippen molar-refractivity contribution in [3.05, 3.63) is 0 Å². The van der Waals surface area contributed by atoms with Gasteiger partial charge in [0.25, 0.3) is 0 Å². The summed E-state index contributed by atoms with van der Waals surface area (Å²) in [4.78, 5) is 0. The van der Waals surface area contributed by atoms with Crippen LogP contribution in [0.3, 0.4) is 0 Å². The summed E-state index contributed by atoms with van der Waals surface area (Å²) in [5, 5.41) is 0. The van der Waals surface area contributed by atoms with Crippen molar-refractivity contribution in [3.8, 4) is 0 Å². The lowest BCUT2D eigenvalue weighted by Gasteiger charge is -2.29. The Morgan fingerprint density at radius 2 is 1.64 bits per heavy atom. The second-order valence-corrected chi connectivity index (χ2v) is 13.6. The molecular weight excluding hydrogens is 262 g/mol. The highest BCUT2D eigenvalue weighted by Gasteiger charge is 2.48. The highest BCUT2D eigenvalue weighted by Crippen LogP contribution is 2.40. The Balaban J connectivity index is 4.22. The van der Waals surface area contributed by atoms with Gasteiger partial charge >= 0.3 is 7.63 Å². The summed E-state index contributed by atoms with van der Waals surface area (Å²) in [5.74, 6) is 0. The minimum absolute atomic E-state index is 1.22. The van der Waals surface area contributed by atoms with Crippen molar-refractivity contribution < 1.29 is 4.12 Å². The van der Waals surface area contributed by atoms with Crippen molar-refractivity contribution in [2.24, 2.45) is 0 Å². The van der Waals surface area contributed by atoms with Gasteiger partial charge in [0.05, 0.1) is 0 Å². The van der Waals surface area contributed by atoms with E-state index < -0.39 is 20.1 Å². The van der Waals surface area contributed by atoms with Crippen LogP contribution in [0.15, 0.2) is 0 Å². The van der Waals surface area contributed by atoms with E-state index >= 15 is 0 Å². The molecule has 0 bridgehead atoms. The second kappa shape index (κ2) is 4.18. The van der Waals surface area contributed by atoms with E-state index in [1.54, 1.807) is 6.55 Å². The maximum Gasteiger partial charge on any atom is 0.329 e. The largest absolute Gasteiger partial charge is 0.445 e. The first-order valence-electron chi connectivity index (χ1n) is 3.10. The Kier molecular flexibility index (Phi) is 4.77. The summed E-state index contributed by atoms with van der Waals surface area (Å²) in [6, 6.07) is 0. The normalized spacial score (nSPS) is 18.5. The Morgan fingerprint density at radius 3 is 1.73 bits per heavy atom. The SMILES string of the molecule is C[SiH](C)O[Si](C)(Cl)C(Cl)(Cl)Cl. The van der Waals surface area contributed by atoms with E-state index in [0.29, 0.717) is 0 Å². The van der Waals surface area contributed by atoms with E-state index in [9.17, 15) is 0 Å². The molecule has 0 aliphatic carbocycles. The predicted molar refractivity (Wildman–Crippen MR) is 57.7 cm³/mol. The molecule has 0 aromatic heterocycles.